The highest BCUT2D eigenvalue weighted by atomic mass is 14.2. The van der Waals surface area contributed by atoms with Crippen LogP contribution in [0.5, 0.6) is 0 Å². The van der Waals surface area contributed by atoms with Gasteiger partial charge in [0.2, 0.25) is 0 Å². The Bertz CT molecular complexity index is 1160. The molecule has 0 heteroatoms. The summed E-state index contributed by atoms with van der Waals surface area (Å²) in [4.78, 5) is 0. The van der Waals surface area contributed by atoms with Crippen LogP contribution in [0.4, 0.5) is 0 Å². The van der Waals surface area contributed by atoms with E-state index in [0.717, 1.165) is 6.42 Å². The molecule has 138 valence electrons. The quantitative estimate of drug-likeness (QED) is 0.344. The molecule has 1 aliphatic rings. The zero-order valence-electron chi connectivity index (χ0n) is 16.3. The van der Waals surface area contributed by atoms with E-state index in [1.165, 1.54) is 44.5 Å². The standard InChI is InChI=1S/C29H22/c1-4-10-22(11-5-1)23-16-18-24(19-17-23)27-20-28(25-12-6-2-7-13-25)29(21-27)26-14-8-3-9-15-26/h1-20H,21H2. The molecule has 0 nitrogen and oxygen atoms in total. The third kappa shape index (κ3) is 3.58. The summed E-state index contributed by atoms with van der Waals surface area (Å²) in [5, 5.41) is 0. The van der Waals surface area contributed by atoms with Gasteiger partial charge >= 0.3 is 0 Å². The highest BCUT2D eigenvalue weighted by Gasteiger charge is 2.19. The summed E-state index contributed by atoms with van der Waals surface area (Å²) in [5.41, 5.74) is 10.5. The first-order valence-electron chi connectivity index (χ1n) is 10.1. The van der Waals surface area contributed by atoms with Gasteiger partial charge in [-0.1, -0.05) is 115 Å². The SMILES string of the molecule is C1=C(c2ccc(-c3ccccc3)cc2)CC(c2ccccc2)=C1c1ccccc1. The molecule has 0 aliphatic heterocycles. The molecule has 0 aromatic heterocycles. The predicted molar refractivity (Wildman–Crippen MR) is 124 cm³/mol. The Morgan fingerprint density at radius 1 is 0.379 bits per heavy atom. The first-order chi connectivity index (χ1) is 14.4. The second-order valence-electron chi connectivity index (χ2n) is 7.41. The van der Waals surface area contributed by atoms with Crippen molar-refractivity contribution in [3.8, 4) is 11.1 Å². The van der Waals surface area contributed by atoms with Crippen LogP contribution < -0.4 is 0 Å². The van der Waals surface area contributed by atoms with E-state index in [1.807, 2.05) is 0 Å². The van der Waals surface area contributed by atoms with Gasteiger partial charge in [-0.2, -0.15) is 0 Å². The van der Waals surface area contributed by atoms with Gasteiger partial charge in [-0.15, -0.1) is 0 Å². The number of hydrogen-bond donors (Lipinski definition) is 0. The lowest BCUT2D eigenvalue weighted by atomic mass is 9.95. The van der Waals surface area contributed by atoms with Crippen molar-refractivity contribution in [3.63, 3.8) is 0 Å². The lowest BCUT2D eigenvalue weighted by Gasteiger charge is -2.09. The summed E-state index contributed by atoms with van der Waals surface area (Å²) in [5.74, 6) is 0. The van der Waals surface area contributed by atoms with Crippen LogP contribution in [0.1, 0.15) is 23.1 Å². The highest BCUT2D eigenvalue weighted by Crippen LogP contribution is 2.42. The van der Waals surface area contributed by atoms with Gasteiger partial charge < -0.3 is 0 Å². The fourth-order valence-electron chi connectivity index (χ4n) is 4.06. The molecule has 5 rings (SSSR count). The van der Waals surface area contributed by atoms with Crippen LogP contribution >= 0.6 is 0 Å². The molecule has 4 aromatic rings. The number of hydrogen-bond acceptors (Lipinski definition) is 0. The summed E-state index contributed by atoms with van der Waals surface area (Å²) in [6.07, 6.45) is 3.33. The Kier molecular flexibility index (Phi) is 4.68. The highest BCUT2D eigenvalue weighted by molar-refractivity contribution is 6.06. The van der Waals surface area contributed by atoms with E-state index in [9.17, 15) is 0 Å². The molecule has 0 atom stereocenters. The summed E-state index contributed by atoms with van der Waals surface area (Å²) in [6, 6.07) is 41.0. The van der Waals surface area contributed by atoms with E-state index in [1.54, 1.807) is 0 Å². The summed E-state index contributed by atoms with van der Waals surface area (Å²) < 4.78 is 0. The van der Waals surface area contributed by atoms with E-state index in [2.05, 4.69) is 121 Å². The van der Waals surface area contributed by atoms with Crippen molar-refractivity contribution in [3.05, 3.63) is 138 Å². The molecular weight excluding hydrogens is 348 g/mol. The topological polar surface area (TPSA) is 0 Å². The number of rotatable bonds is 4. The van der Waals surface area contributed by atoms with Crippen LogP contribution in [0.2, 0.25) is 0 Å². The van der Waals surface area contributed by atoms with Crippen LogP contribution in [-0.4, -0.2) is 0 Å². The lowest BCUT2D eigenvalue weighted by Crippen LogP contribution is -1.87. The van der Waals surface area contributed by atoms with Crippen LogP contribution in [0.25, 0.3) is 27.8 Å². The summed E-state index contributed by atoms with van der Waals surface area (Å²) in [6.45, 7) is 0. The average molecular weight is 370 g/mol. The van der Waals surface area contributed by atoms with Crippen LogP contribution in [0.15, 0.2) is 121 Å². The molecular formula is C29H22. The van der Waals surface area contributed by atoms with E-state index in [0.29, 0.717) is 0 Å². The zero-order valence-corrected chi connectivity index (χ0v) is 16.3. The normalized spacial score (nSPS) is 13.4. The van der Waals surface area contributed by atoms with Gasteiger partial charge in [0.25, 0.3) is 0 Å². The minimum atomic E-state index is 0.957. The molecule has 0 heterocycles. The largest absolute Gasteiger partial charge is 0.0622 e. The van der Waals surface area contributed by atoms with E-state index < -0.39 is 0 Å². The zero-order chi connectivity index (χ0) is 19.5. The molecule has 0 bridgehead atoms. The van der Waals surface area contributed by atoms with Crippen molar-refractivity contribution >= 4 is 16.7 Å². The van der Waals surface area contributed by atoms with Crippen LogP contribution in [0.3, 0.4) is 0 Å². The van der Waals surface area contributed by atoms with Crippen LogP contribution in [-0.2, 0) is 0 Å². The summed E-state index contributed by atoms with van der Waals surface area (Å²) in [7, 11) is 0. The third-order valence-electron chi connectivity index (χ3n) is 5.58. The maximum Gasteiger partial charge on any atom is -0.000750 e. The molecule has 29 heavy (non-hydrogen) atoms. The van der Waals surface area contributed by atoms with Gasteiger partial charge in [0.05, 0.1) is 0 Å². The van der Waals surface area contributed by atoms with Crippen LogP contribution in [0, 0.1) is 0 Å². The molecule has 0 unspecified atom stereocenters. The Balaban J connectivity index is 1.51. The van der Waals surface area contributed by atoms with Crippen molar-refractivity contribution in [1.82, 2.24) is 0 Å². The van der Waals surface area contributed by atoms with Gasteiger partial charge in [-0.25, -0.2) is 0 Å². The van der Waals surface area contributed by atoms with Crippen molar-refractivity contribution in [2.45, 2.75) is 6.42 Å². The molecule has 4 aromatic carbocycles. The van der Waals surface area contributed by atoms with E-state index in [4.69, 9.17) is 0 Å². The van der Waals surface area contributed by atoms with Crippen molar-refractivity contribution in [2.75, 3.05) is 0 Å². The van der Waals surface area contributed by atoms with Crippen molar-refractivity contribution < 1.29 is 0 Å². The Morgan fingerprint density at radius 3 is 1.41 bits per heavy atom. The molecule has 0 saturated heterocycles. The Labute approximate surface area is 172 Å². The van der Waals surface area contributed by atoms with E-state index in [-0.39, 0.29) is 0 Å². The minimum Gasteiger partial charge on any atom is -0.0622 e. The maximum atomic E-state index is 2.37. The second kappa shape index (κ2) is 7.77. The molecule has 0 saturated carbocycles. The van der Waals surface area contributed by atoms with Gasteiger partial charge in [0, 0.05) is 0 Å². The molecule has 0 spiro atoms. The smallest absolute Gasteiger partial charge is 0.000750 e. The first kappa shape index (κ1) is 17.5. The van der Waals surface area contributed by atoms with Crippen molar-refractivity contribution in [2.24, 2.45) is 0 Å². The monoisotopic (exact) mass is 370 g/mol. The fraction of sp³-hybridized carbons (Fsp3) is 0.0345. The van der Waals surface area contributed by atoms with Gasteiger partial charge in [-0.3, -0.25) is 0 Å². The molecule has 0 N–H and O–H groups in total. The van der Waals surface area contributed by atoms with Crippen molar-refractivity contribution in [1.29, 1.82) is 0 Å². The predicted octanol–water partition coefficient (Wildman–Crippen LogP) is 7.75. The fourth-order valence-corrected chi connectivity index (χ4v) is 4.06. The van der Waals surface area contributed by atoms with Gasteiger partial charge in [0.15, 0.2) is 0 Å². The van der Waals surface area contributed by atoms with E-state index >= 15 is 0 Å². The number of benzene rings is 4. The summed E-state index contributed by atoms with van der Waals surface area (Å²) >= 11 is 0. The molecule has 0 amide bonds. The van der Waals surface area contributed by atoms with Gasteiger partial charge in [-0.05, 0) is 57.0 Å². The average Bonchev–Trinajstić information content (AvgIpc) is 3.27. The minimum absolute atomic E-state index is 0.957. The maximum absolute atomic E-state index is 2.37. The molecule has 0 fully saturated rings. The second-order valence-corrected chi connectivity index (χ2v) is 7.41. The number of allylic oxidation sites excluding steroid dienone is 4. The lowest BCUT2D eigenvalue weighted by molar-refractivity contribution is 1.42. The Morgan fingerprint density at radius 2 is 0.828 bits per heavy atom. The van der Waals surface area contributed by atoms with Gasteiger partial charge in [0.1, 0.15) is 0 Å². The first-order valence-corrected chi connectivity index (χ1v) is 10.1. The third-order valence-corrected chi connectivity index (χ3v) is 5.58. The molecule has 1 aliphatic carbocycles. The molecule has 0 radical (unpaired) electrons. The Hall–Kier alpha value is -3.64.